The number of hydrogen-bond donors (Lipinski definition) is 2. The Kier molecular flexibility index (Phi) is 5.99. The van der Waals surface area contributed by atoms with Crippen LogP contribution in [0.2, 0.25) is 0 Å². The van der Waals surface area contributed by atoms with Crippen molar-refractivity contribution in [3.63, 3.8) is 0 Å². The van der Waals surface area contributed by atoms with Crippen LogP contribution in [0.4, 0.5) is 18.9 Å². The molecule has 0 aliphatic rings. The van der Waals surface area contributed by atoms with E-state index in [1.54, 1.807) is 47.8 Å². The summed E-state index contributed by atoms with van der Waals surface area (Å²) in [5.74, 6) is -0.961. The Bertz CT molecular complexity index is 1270. The van der Waals surface area contributed by atoms with Crippen LogP contribution in [0, 0.1) is 0 Å². The second-order valence-corrected chi connectivity index (χ2v) is 6.97. The highest BCUT2D eigenvalue weighted by Gasteiger charge is 2.28. The molecule has 0 bridgehead atoms. The molecular formula is C23H17F3N4O3. The van der Waals surface area contributed by atoms with Crippen LogP contribution in [0.15, 0.2) is 83.5 Å². The second-order valence-electron chi connectivity index (χ2n) is 6.97. The molecule has 0 radical (unpaired) electrons. The molecule has 0 aliphatic carbocycles. The third-order valence-corrected chi connectivity index (χ3v) is 4.55. The van der Waals surface area contributed by atoms with Crippen LogP contribution < -0.4 is 10.6 Å². The van der Waals surface area contributed by atoms with Crippen LogP contribution in [0.5, 0.6) is 0 Å². The van der Waals surface area contributed by atoms with Gasteiger partial charge in [0, 0.05) is 17.3 Å². The molecule has 2 aromatic carbocycles. The van der Waals surface area contributed by atoms with E-state index in [2.05, 4.69) is 10.4 Å². The van der Waals surface area contributed by atoms with Crippen molar-refractivity contribution in [3.05, 3.63) is 90.3 Å². The van der Waals surface area contributed by atoms with Gasteiger partial charge in [0.2, 0.25) is 0 Å². The predicted molar refractivity (Wildman–Crippen MR) is 114 cm³/mol. The molecule has 168 valence electrons. The maximum Gasteiger partial charge on any atom is 0.405 e. The minimum Gasteiger partial charge on any atom is -0.463 e. The highest BCUT2D eigenvalue weighted by molar-refractivity contribution is 6.05. The zero-order chi connectivity index (χ0) is 23.4. The first-order chi connectivity index (χ1) is 15.8. The lowest BCUT2D eigenvalue weighted by Gasteiger charge is -2.11. The number of benzene rings is 2. The van der Waals surface area contributed by atoms with E-state index in [9.17, 15) is 22.8 Å². The van der Waals surface area contributed by atoms with Gasteiger partial charge in [-0.15, -0.1) is 0 Å². The summed E-state index contributed by atoms with van der Waals surface area (Å²) in [6.07, 6.45) is -3.03. The van der Waals surface area contributed by atoms with Crippen molar-refractivity contribution in [2.75, 3.05) is 11.9 Å². The number of amides is 2. The number of alkyl halides is 3. The van der Waals surface area contributed by atoms with Crippen LogP contribution in [0.3, 0.4) is 0 Å². The normalized spacial score (nSPS) is 11.2. The van der Waals surface area contributed by atoms with Gasteiger partial charge in [0.15, 0.2) is 5.76 Å². The molecule has 0 atom stereocenters. The number of carbonyl (C=O) groups excluding carboxylic acids is 2. The van der Waals surface area contributed by atoms with Crippen LogP contribution in [0.1, 0.15) is 20.8 Å². The Morgan fingerprint density at radius 2 is 1.73 bits per heavy atom. The summed E-state index contributed by atoms with van der Waals surface area (Å²) in [5.41, 5.74) is 1.49. The van der Waals surface area contributed by atoms with Crippen molar-refractivity contribution in [1.82, 2.24) is 15.1 Å². The number of halogens is 3. The summed E-state index contributed by atoms with van der Waals surface area (Å²) in [6.45, 7) is -1.45. The second kappa shape index (κ2) is 9.03. The standard InChI is InChI=1S/C23H17F3N4O3/c24-23(25,26)14-27-21(31)15-6-4-7-16(12-15)28-22(32)19-13-18(20-10-5-11-33-20)29-30(19)17-8-2-1-3-9-17/h1-13H,14H2,(H,27,31)(H,28,32). The molecule has 33 heavy (non-hydrogen) atoms. The van der Waals surface area contributed by atoms with E-state index in [0.29, 0.717) is 17.1 Å². The summed E-state index contributed by atoms with van der Waals surface area (Å²) >= 11 is 0. The molecule has 0 saturated carbocycles. The van der Waals surface area contributed by atoms with Crippen LogP contribution in [-0.4, -0.2) is 34.3 Å². The number of nitrogens with one attached hydrogen (secondary N) is 2. The van der Waals surface area contributed by atoms with Gasteiger partial charge < -0.3 is 15.1 Å². The molecule has 4 aromatic rings. The van der Waals surface area contributed by atoms with Gasteiger partial charge >= 0.3 is 6.18 Å². The summed E-state index contributed by atoms with van der Waals surface area (Å²) in [6, 6.07) is 19.6. The van der Waals surface area contributed by atoms with E-state index in [1.165, 1.54) is 35.2 Å². The van der Waals surface area contributed by atoms with Gasteiger partial charge in [-0.1, -0.05) is 24.3 Å². The number of hydrogen-bond acceptors (Lipinski definition) is 4. The molecule has 0 fully saturated rings. The van der Waals surface area contributed by atoms with Gasteiger partial charge in [-0.05, 0) is 42.5 Å². The highest BCUT2D eigenvalue weighted by atomic mass is 19.4. The number of para-hydroxylation sites is 1. The quantitative estimate of drug-likeness (QED) is 0.443. The SMILES string of the molecule is O=C(NCC(F)(F)F)c1cccc(NC(=O)c2cc(-c3ccco3)nn2-c2ccccc2)c1. The van der Waals surface area contributed by atoms with Gasteiger partial charge in [0.1, 0.15) is 17.9 Å². The van der Waals surface area contributed by atoms with Crippen LogP contribution in [-0.2, 0) is 0 Å². The van der Waals surface area contributed by atoms with Crippen molar-refractivity contribution in [2.24, 2.45) is 0 Å². The predicted octanol–water partition coefficient (Wildman–Crippen LogP) is 4.68. The smallest absolute Gasteiger partial charge is 0.405 e. The first-order valence-corrected chi connectivity index (χ1v) is 9.76. The average molecular weight is 454 g/mol. The molecule has 0 unspecified atom stereocenters. The van der Waals surface area contributed by atoms with Gasteiger partial charge in [0.05, 0.1) is 12.0 Å². The molecule has 2 aromatic heterocycles. The molecule has 2 heterocycles. The monoisotopic (exact) mass is 454 g/mol. The number of rotatable bonds is 6. The summed E-state index contributed by atoms with van der Waals surface area (Å²) in [5, 5.41) is 8.93. The first-order valence-electron chi connectivity index (χ1n) is 9.76. The minimum atomic E-state index is -4.52. The maximum atomic E-state index is 13.1. The van der Waals surface area contributed by atoms with E-state index < -0.39 is 24.5 Å². The largest absolute Gasteiger partial charge is 0.463 e. The van der Waals surface area contributed by atoms with Gasteiger partial charge in [0.25, 0.3) is 11.8 Å². The fraction of sp³-hybridized carbons (Fsp3) is 0.0870. The summed E-state index contributed by atoms with van der Waals surface area (Å²) in [7, 11) is 0. The molecule has 10 heteroatoms. The fourth-order valence-corrected chi connectivity index (χ4v) is 3.07. The van der Waals surface area contributed by atoms with Gasteiger partial charge in [-0.25, -0.2) is 4.68 Å². The highest BCUT2D eigenvalue weighted by Crippen LogP contribution is 2.23. The van der Waals surface area contributed by atoms with E-state index in [-0.39, 0.29) is 16.9 Å². The van der Waals surface area contributed by atoms with Crippen molar-refractivity contribution in [3.8, 4) is 17.1 Å². The molecular weight excluding hydrogens is 437 g/mol. The summed E-state index contributed by atoms with van der Waals surface area (Å²) < 4.78 is 43.9. The van der Waals surface area contributed by atoms with Crippen molar-refractivity contribution < 1.29 is 27.2 Å². The molecule has 0 saturated heterocycles. The Morgan fingerprint density at radius 3 is 2.42 bits per heavy atom. The lowest BCUT2D eigenvalue weighted by molar-refractivity contribution is -0.123. The first kappa shape index (κ1) is 21.9. The third-order valence-electron chi connectivity index (χ3n) is 4.55. The number of anilines is 1. The zero-order valence-corrected chi connectivity index (χ0v) is 17.0. The maximum absolute atomic E-state index is 13.1. The van der Waals surface area contributed by atoms with Gasteiger partial charge in [-0.3, -0.25) is 9.59 Å². The number of aromatic nitrogens is 2. The zero-order valence-electron chi connectivity index (χ0n) is 17.0. The van der Waals surface area contributed by atoms with Crippen LogP contribution >= 0.6 is 0 Å². The van der Waals surface area contributed by atoms with Crippen molar-refractivity contribution in [2.45, 2.75) is 6.18 Å². The van der Waals surface area contributed by atoms with E-state index in [1.807, 2.05) is 6.07 Å². The van der Waals surface area contributed by atoms with Crippen molar-refractivity contribution in [1.29, 1.82) is 0 Å². The van der Waals surface area contributed by atoms with E-state index in [4.69, 9.17) is 4.42 Å². The van der Waals surface area contributed by atoms with Gasteiger partial charge in [-0.2, -0.15) is 18.3 Å². The Balaban J connectivity index is 1.59. The molecule has 7 nitrogen and oxygen atoms in total. The Hall–Kier alpha value is -4.34. The average Bonchev–Trinajstić information content (AvgIpc) is 3.48. The molecule has 4 rings (SSSR count). The number of carbonyl (C=O) groups is 2. The molecule has 0 aliphatic heterocycles. The third kappa shape index (κ3) is 5.29. The number of furan rings is 1. The molecule has 2 N–H and O–H groups in total. The van der Waals surface area contributed by atoms with E-state index >= 15 is 0 Å². The van der Waals surface area contributed by atoms with Crippen molar-refractivity contribution >= 4 is 17.5 Å². The van der Waals surface area contributed by atoms with Crippen LogP contribution in [0.25, 0.3) is 17.1 Å². The molecule has 2 amide bonds. The Morgan fingerprint density at radius 1 is 0.939 bits per heavy atom. The summed E-state index contributed by atoms with van der Waals surface area (Å²) in [4.78, 5) is 25.1. The minimum absolute atomic E-state index is 0.0232. The lowest BCUT2D eigenvalue weighted by atomic mass is 10.2. The van der Waals surface area contributed by atoms with E-state index in [0.717, 1.165) is 0 Å². The topological polar surface area (TPSA) is 89.2 Å². The molecule has 0 spiro atoms. The Labute approximate surface area is 185 Å². The lowest BCUT2D eigenvalue weighted by Crippen LogP contribution is -2.33. The fourth-order valence-electron chi connectivity index (χ4n) is 3.07. The number of nitrogens with zero attached hydrogens (tertiary/aromatic N) is 2.